The Balaban J connectivity index is 2.72. The number of amides is 1. The molecule has 1 aromatic carbocycles. The molecule has 1 aromatic rings. The van der Waals surface area contributed by atoms with E-state index in [0.717, 1.165) is 18.7 Å². The minimum absolute atomic E-state index is 0.232. The van der Waals surface area contributed by atoms with Crippen molar-refractivity contribution in [2.24, 2.45) is 0 Å². The molecule has 0 bridgehead atoms. The van der Waals surface area contributed by atoms with Crippen LogP contribution in [-0.4, -0.2) is 18.1 Å². The first-order chi connectivity index (χ1) is 8.44. The molecule has 0 aliphatic heterocycles. The van der Waals surface area contributed by atoms with Gasteiger partial charge in [0.05, 0.1) is 11.2 Å². The fourth-order valence-electron chi connectivity index (χ4n) is 1.35. The van der Waals surface area contributed by atoms with Crippen LogP contribution in [0.2, 0.25) is 0 Å². The quantitative estimate of drug-likeness (QED) is 0.790. The lowest BCUT2D eigenvalue weighted by molar-refractivity contribution is -0.0589. The molecule has 0 spiro atoms. The molecule has 0 fully saturated rings. The summed E-state index contributed by atoms with van der Waals surface area (Å²) in [5.74, 6) is -0.232. The molecular weight excluding hydrogens is 228 g/mol. The normalized spacial score (nSPS) is 11.1. The van der Waals surface area contributed by atoms with Crippen molar-refractivity contribution in [3.63, 3.8) is 0 Å². The Morgan fingerprint density at radius 3 is 2.56 bits per heavy atom. The highest BCUT2D eigenvalue weighted by atomic mass is 16.7. The van der Waals surface area contributed by atoms with E-state index in [1.165, 1.54) is 0 Å². The van der Waals surface area contributed by atoms with Crippen molar-refractivity contribution in [2.75, 3.05) is 11.9 Å². The standard InChI is InChI=1S/C14H22N2O2/c1-5-10-15-12-9-7-6-8-11(12)13(17)16-18-14(2,3)4/h6-9,15H,5,10H2,1-4H3,(H,16,17). The summed E-state index contributed by atoms with van der Waals surface area (Å²) in [5, 5.41) is 3.22. The summed E-state index contributed by atoms with van der Waals surface area (Å²) in [6, 6.07) is 7.41. The molecule has 18 heavy (non-hydrogen) atoms. The number of carbonyl (C=O) groups is 1. The SMILES string of the molecule is CCCNc1ccccc1C(=O)NOC(C)(C)C. The third-order valence-corrected chi connectivity index (χ3v) is 2.19. The van der Waals surface area contributed by atoms with Gasteiger partial charge in [-0.3, -0.25) is 9.63 Å². The van der Waals surface area contributed by atoms with E-state index >= 15 is 0 Å². The molecule has 4 nitrogen and oxygen atoms in total. The van der Waals surface area contributed by atoms with E-state index in [9.17, 15) is 4.79 Å². The predicted octanol–water partition coefficient (Wildman–Crippen LogP) is 2.97. The summed E-state index contributed by atoms with van der Waals surface area (Å²) >= 11 is 0. The van der Waals surface area contributed by atoms with E-state index in [4.69, 9.17) is 4.84 Å². The van der Waals surface area contributed by atoms with Crippen LogP contribution in [0.25, 0.3) is 0 Å². The summed E-state index contributed by atoms with van der Waals surface area (Å²) < 4.78 is 0. The number of rotatable bonds is 5. The van der Waals surface area contributed by atoms with Crippen molar-refractivity contribution in [3.8, 4) is 0 Å². The zero-order chi connectivity index (χ0) is 13.6. The van der Waals surface area contributed by atoms with E-state index < -0.39 is 5.60 Å². The lowest BCUT2D eigenvalue weighted by atomic mass is 10.1. The van der Waals surface area contributed by atoms with Crippen LogP contribution in [0.5, 0.6) is 0 Å². The summed E-state index contributed by atoms with van der Waals surface area (Å²) in [4.78, 5) is 17.3. The van der Waals surface area contributed by atoms with E-state index in [-0.39, 0.29) is 5.91 Å². The molecule has 2 N–H and O–H groups in total. The van der Waals surface area contributed by atoms with Gasteiger partial charge in [-0.1, -0.05) is 19.1 Å². The van der Waals surface area contributed by atoms with Crippen LogP contribution >= 0.6 is 0 Å². The number of carbonyl (C=O) groups excluding carboxylic acids is 1. The Morgan fingerprint density at radius 2 is 1.94 bits per heavy atom. The molecule has 0 aliphatic carbocycles. The number of benzene rings is 1. The van der Waals surface area contributed by atoms with Crippen molar-refractivity contribution < 1.29 is 9.63 Å². The van der Waals surface area contributed by atoms with Gasteiger partial charge >= 0.3 is 0 Å². The second kappa shape index (κ2) is 6.40. The summed E-state index contributed by atoms with van der Waals surface area (Å²) in [5.41, 5.74) is 3.50. The van der Waals surface area contributed by atoms with Crippen molar-refractivity contribution in [1.82, 2.24) is 5.48 Å². The molecule has 4 heteroatoms. The fourth-order valence-corrected chi connectivity index (χ4v) is 1.35. The van der Waals surface area contributed by atoms with Gasteiger partial charge in [0.1, 0.15) is 0 Å². The van der Waals surface area contributed by atoms with Crippen LogP contribution < -0.4 is 10.8 Å². The van der Waals surface area contributed by atoms with Gasteiger partial charge in [-0.25, -0.2) is 5.48 Å². The highest BCUT2D eigenvalue weighted by Crippen LogP contribution is 2.15. The zero-order valence-corrected chi connectivity index (χ0v) is 11.5. The first kappa shape index (κ1) is 14.5. The topological polar surface area (TPSA) is 50.4 Å². The van der Waals surface area contributed by atoms with Gasteiger partial charge in [-0.2, -0.15) is 0 Å². The second-order valence-corrected chi connectivity index (χ2v) is 5.12. The van der Waals surface area contributed by atoms with Crippen molar-refractivity contribution in [1.29, 1.82) is 0 Å². The number of hydrogen-bond donors (Lipinski definition) is 2. The highest BCUT2D eigenvalue weighted by molar-refractivity contribution is 5.99. The molecular formula is C14H22N2O2. The Labute approximate surface area is 109 Å². The Bertz CT molecular complexity index is 397. The molecule has 0 saturated carbocycles. The van der Waals surface area contributed by atoms with Crippen LogP contribution in [0, 0.1) is 0 Å². The average Bonchev–Trinajstić information content (AvgIpc) is 2.33. The Morgan fingerprint density at radius 1 is 1.28 bits per heavy atom. The molecule has 0 radical (unpaired) electrons. The van der Waals surface area contributed by atoms with Gasteiger partial charge in [-0.15, -0.1) is 0 Å². The smallest absolute Gasteiger partial charge is 0.276 e. The minimum atomic E-state index is -0.401. The number of hydroxylamine groups is 1. The molecule has 100 valence electrons. The summed E-state index contributed by atoms with van der Waals surface area (Å²) in [6.45, 7) is 8.57. The molecule has 0 aliphatic rings. The molecule has 0 atom stereocenters. The first-order valence-corrected chi connectivity index (χ1v) is 6.25. The zero-order valence-electron chi connectivity index (χ0n) is 11.5. The summed E-state index contributed by atoms with van der Waals surface area (Å²) in [6.07, 6.45) is 1.01. The third kappa shape index (κ3) is 4.75. The van der Waals surface area contributed by atoms with Gasteiger partial charge in [-0.05, 0) is 39.3 Å². The van der Waals surface area contributed by atoms with Crippen LogP contribution in [-0.2, 0) is 4.84 Å². The molecule has 0 heterocycles. The monoisotopic (exact) mass is 250 g/mol. The third-order valence-electron chi connectivity index (χ3n) is 2.19. The number of hydrogen-bond acceptors (Lipinski definition) is 3. The van der Waals surface area contributed by atoms with Crippen molar-refractivity contribution in [3.05, 3.63) is 29.8 Å². The minimum Gasteiger partial charge on any atom is -0.384 e. The van der Waals surface area contributed by atoms with E-state index in [1.807, 2.05) is 39.0 Å². The van der Waals surface area contributed by atoms with Gasteiger partial charge in [0, 0.05) is 12.2 Å². The highest BCUT2D eigenvalue weighted by Gasteiger charge is 2.15. The maximum atomic E-state index is 12.0. The van der Waals surface area contributed by atoms with E-state index in [1.54, 1.807) is 6.07 Å². The molecule has 0 unspecified atom stereocenters. The average molecular weight is 250 g/mol. The number of nitrogens with one attached hydrogen (secondary N) is 2. The largest absolute Gasteiger partial charge is 0.384 e. The van der Waals surface area contributed by atoms with Gasteiger partial charge in [0.25, 0.3) is 5.91 Å². The Kier molecular flexibility index (Phi) is 5.16. The van der Waals surface area contributed by atoms with Gasteiger partial charge in [0.2, 0.25) is 0 Å². The van der Waals surface area contributed by atoms with Crippen molar-refractivity contribution in [2.45, 2.75) is 39.7 Å². The van der Waals surface area contributed by atoms with Gasteiger partial charge < -0.3 is 5.32 Å². The van der Waals surface area contributed by atoms with Crippen LogP contribution in [0.4, 0.5) is 5.69 Å². The number of para-hydroxylation sites is 1. The number of anilines is 1. The Hall–Kier alpha value is -1.55. The predicted molar refractivity (Wildman–Crippen MR) is 73.5 cm³/mol. The fraction of sp³-hybridized carbons (Fsp3) is 0.500. The van der Waals surface area contributed by atoms with Gasteiger partial charge in [0.15, 0.2) is 0 Å². The molecule has 1 rings (SSSR count). The molecule has 0 aromatic heterocycles. The maximum absolute atomic E-state index is 12.0. The first-order valence-electron chi connectivity index (χ1n) is 6.25. The van der Waals surface area contributed by atoms with E-state index in [2.05, 4.69) is 17.7 Å². The van der Waals surface area contributed by atoms with Crippen LogP contribution in [0.3, 0.4) is 0 Å². The second-order valence-electron chi connectivity index (χ2n) is 5.12. The van der Waals surface area contributed by atoms with E-state index in [0.29, 0.717) is 5.56 Å². The lowest BCUT2D eigenvalue weighted by Gasteiger charge is -2.19. The molecule has 0 saturated heterocycles. The maximum Gasteiger partial charge on any atom is 0.276 e. The van der Waals surface area contributed by atoms with Crippen molar-refractivity contribution >= 4 is 11.6 Å². The summed E-state index contributed by atoms with van der Waals surface area (Å²) in [7, 11) is 0. The molecule has 1 amide bonds. The lowest BCUT2D eigenvalue weighted by Crippen LogP contribution is -2.33. The van der Waals surface area contributed by atoms with Crippen LogP contribution in [0.1, 0.15) is 44.5 Å². The van der Waals surface area contributed by atoms with Crippen LogP contribution in [0.15, 0.2) is 24.3 Å².